The van der Waals surface area contributed by atoms with Crippen molar-refractivity contribution in [3.63, 3.8) is 0 Å². The average Bonchev–Trinajstić information content (AvgIpc) is 2.91. The maximum atomic E-state index is 12.3. The van der Waals surface area contributed by atoms with Gasteiger partial charge in [0, 0.05) is 18.2 Å². The van der Waals surface area contributed by atoms with E-state index < -0.39 is 10.0 Å². The molecule has 0 fully saturated rings. The van der Waals surface area contributed by atoms with Gasteiger partial charge in [-0.25, -0.2) is 8.42 Å². The lowest BCUT2D eigenvalue weighted by Gasteiger charge is -2.21. The van der Waals surface area contributed by atoms with Crippen LogP contribution in [0.3, 0.4) is 0 Å². The maximum absolute atomic E-state index is 12.3. The first-order chi connectivity index (χ1) is 12.3. The summed E-state index contributed by atoms with van der Waals surface area (Å²) < 4.78 is 25.4. The van der Waals surface area contributed by atoms with Gasteiger partial charge >= 0.3 is 0 Å². The van der Waals surface area contributed by atoms with Gasteiger partial charge in [0.25, 0.3) is 5.91 Å². The summed E-state index contributed by atoms with van der Waals surface area (Å²) in [6.45, 7) is 4.80. The third-order valence-corrected chi connectivity index (χ3v) is 6.19. The van der Waals surface area contributed by atoms with Crippen LogP contribution in [0.4, 0.5) is 5.69 Å². The molecule has 1 amide bonds. The number of hydrogen-bond acceptors (Lipinski definition) is 3. The molecule has 0 aromatic heterocycles. The van der Waals surface area contributed by atoms with Crippen molar-refractivity contribution in [1.82, 2.24) is 5.32 Å². The highest BCUT2D eigenvalue weighted by Gasteiger charge is 2.32. The summed E-state index contributed by atoms with van der Waals surface area (Å²) in [5, 5.41) is 2.97. The van der Waals surface area contributed by atoms with E-state index in [1.807, 2.05) is 13.0 Å². The van der Waals surface area contributed by atoms with Crippen LogP contribution >= 0.6 is 0 Å². The van der Waals surface area contributed by atoms with Gasteiger partial charge in [0.1, 0.15) is 0 Å². The van der Waals surface area contributed by atoms with Gasteiger partial charge in [0.05, 0.1) is 11.9 Å². The number of nitrogens with one attached hydrogen (secondary N) is 1. The second kappa shape index (κ2) is 9.40. The number of carbonyl (C=O) groups is 1. The first kappa shape index (κ1) is 20.7. The summed E-state index contributed by atoms with van der Waals surface area (Å²) in [4.78, 5) is 12.3. The van der Waals surface area contributed by atoms with E-state index in [-0.39, 0.29) is 11.9 Å². The molecule has 26 heavy (non-hydrogen) atoms. The molecule has 1 aliphatic rings. The molecular weight excluding hydrogens is 348 g/mol. The first-order valence-electron chi connectivity index (χ1n) is 9.75. The van der Waals surface area contributed by atoms with Gasteiger partial charge in [-0.1, -0.05) is 45.4 Å². The summed E-state index contributed by atoms with van der Waals surface area (Å²) >= 11 is 0. The molecule has 146 valence electrons. The zero-order chi connectivity index (χ0) is 19.2. The van der Waals surface area contributed by atoms with Crippen molar-refractivity contribution >= 4 is 21.6 Å². The lowest BCUT2D eigenvalue weighted by atomic mass is 10.1. The second-order valence-corrected chi connectivity index (χ2v) is 9.19. The van der Waals surface area contributed by atoms with Crippen LogP contribution in [0, 0.1) is 0 Å². The third-order valence-electron chi connectivity index (χ3n) is 4.92. The molecular formula is C20H32N2O3S. The van der Waals surface area contributed by atoms with Crippen LogP contribution in [0.2, 0.25) is 0 Å². The molecule has 0 saturated carbocycles. The zero-order valence-electron chi connectivity index (χ0n) is 16.3. The van der Waals surface area contributed by atoms with Crippen molar-refractivity contribution < 1.29 is 13.2 Å². The highest BCUT2D eigenvalue weighted by atomic mass is 32.2. The number of hydrogen-bond donors (Lipinski definition) is 1. The fourth-order valence-corrected chi connectivity index (χ4v) is 4.90. The summed E-state index contributed by atoms with van der Waals surface area (Å²) in [7, 11) is -3.29. The Morgan fingerprint density at radius 1 is 1.15 bits per heavy atom. The Bertz CT molecular complexity index is 716. The van der Waals surface area contributed by atoms with E-state index in [1.54, 1.807) is 12.1 Å². The molecule has 1 atom stereocenters. The van der Waals surface area contributed by atoms with Crippen molar-refractivity contribution in [2.24, 2.45) is 0 Å². The van der Waals surface area contributed by atoms with Crippen LogP contribution in [-0.2, 0) is 16.4 Å². The van der Waals surface area contributed by atoms with Crippen molar-refractivity contribution in [3.05, 3.63) is 29.3 Å². The molecule has 0 bridgehead atoms. The molecule has 0 aliphatic carbocycles. The van der Waals surface area contributed by atoms with E-state index in [4.69, 9.17) is 0 Å². The minimum Gasteiger partial charge on any atom is -0.352 e. The zero-order valence-corrected chi connectivity index (χ0v) is 17.1. The van der Waals surface area contributed by atoms with Crippen LogP contribution in [-0.4, -0.2) is 33.2 Å². The number of unbranched alkanes of at least 4 members (excludes halogenated alkanes) is 6. The smallest absolute Gasteiger partial charge is 0.251 e. The summed E-state index contributed by atoms with van der Waals surface area (Å²) in [5.74, 6) is -0.0794. The van der Waals surface area contributed by atoms with E-state index in [9.17, 15) is 13.2 Å². The first-order valence-corrected chi connectivity index (χ1v) is 11.6. The molecule has 5 nitrogen and oxygen atoms in total. The van der Waals surface area contributed by atoms with E-state index in [0.29, 0.717) is 24.2 Å². The molecule has 2 rings (SSSR count). The molecule has 0 spiro atoms. The number of anilines is 1. The molecule has 1 aromatic carbocycles. The highest BCUT2D eigenvalue weighted by molar-refractivity contribution is 7.92. The van der Waals surface area contributed by atoms with Crippen LogP contribution in [0.15, 0.2) is 18.2 Å². The monoisotopic (exact) mass is 380 g/mol. The molecule has 1 heterocycles. The molecule has 1 aliphatic heterocycles. The highest BCUT2D eigenvalue weighted by Crippen LogP contribution is 2.34. The van der Waals surface area contributed by atoms with Gasteiger partial charge in [-0.2, -0.15) is 0 Å². The number of rotatable bonds is 10. The minimum atomic E-state index is -3.29. The van der Waals surface area contributed by atoms with Crippen molar-refractivity contribution in [2.75, 3.05) is 17.1 Å². The van der Waals surface area contributed by atoms with Crippen molar-refractivity contribution in [2.45, 2.75) is 71.3 Å². The van der Waals surface area contributed by atoms with Crippen molar-refractivity contribution in [3.8, 4) is 0 Å². The largest absolute Gasteiger partial charge is 0.352 e. The van der Waals surface area contributed by atoms with Crippen LogP contribution in [0.1, 0.15) is 74.7 Å². The van der Waals surface area contributed by atoms with E-state index in [1.165, 1.54) is 42.7 Å². The Balaban J connectivity index is 1.83. The number of benzene rings is 1. The van der Waals surface area contributed by atoms with Gasteiger partial charge < -0.3 is 5.32 Å². The fourth-order valence-electron chi connectivity index (χ4n) is 3.64. The van der Waals surface area contributed by atoms with Gasteiger partial charge in [0.15, 0.2) is 0 Å². The van der Waals surface area contributed by atoms with Crippen LogP contribution in [0.25, 0.3) is 0 Å². The van der Waals surface area contributed by atoms with Crippen LogP contribution in [0.5, 0.6) is 0 Å². The van der Waals surface area contributed by atoms with Crippen molar-refractivity contribution in [1.29, 1.82) is 0 Å². The standard InChI is InChI=1S/C20H32N2O3S/c1-4-5-6-7-8-9-10-13-21-20(23)17-11-12-19-18(15-17)14-16(2)22(19)26(3,24)25/h11-12,15-16H,4-10,13-14H2,1-3H3,(H,21,23). The summed E-state index contributed by atoms with van der Waals surface area (Å²) in [5.41, 5.74) is 2.23. The topological polar surface area (TPSA) is 66.5 Å². The molecule has 1 N–H and O–H groups in total. The quantitative estimate of drug-likeness (QED) is 0.627. The number of sulfonamides is 1. The lowest BCUT2D eigenvalue weighted by molar-refractivity contribution is 0.0953. The average molecular weight is 381 g/mol. The van der Waals surface area contributed by atoms with E-state index in [0.717, 1.165) is 18.4 Å². The predicted molar refractivity (Wildman–Crippen MR) is 107 cm³/mol. The van der Waals surface area contributed by atoms with E-state index >= 15 is 0 Å². The molecule has 1 unspecified atom stereocenters. The van der Waals surface area contributed by atoms with Crippen LogP contribution < -0.4 is 9.62 Å². The Hall–Kier alpha value is -1.56. The molecule has 0 radical (unpaired) electrons. The molecule has 1 aromatic rings. The van der Waals surface area contributed by atoms with Gasteiger partial charge in [0.2, 0.25) is 10.0 Å². The number of nitrogens with zero attached hydrogens (tertiary/aromatic N) is 1. The number of amides is 1. The number of fused-ring (bicyclic) bond motifs is 1. The second-order valence-electron chi connectivity index (χ2n) is 7.33. The third kappa shape index (κ3) is 5.47. The maximum Gasteiger partial charge on any atom is 0.251 e. The Morgan fingerprint density at radius 2 is 1.81 bits per heavy atom. The molecule has 6 heteroatoms. The lowest BCUT2D eigenvalue weighted by Crippen LogP contribution is -2.34. The normalized spacial score (nSPS) is 16.6. The fraction of sp³-hybridized carbons (Fsp3) is 0.650. The predicted octanol–water partition coefficient (Wildman–Crippen LogP) is 3.88. The minimum absolute atomic E-state index is 0.0794. The molecule has 0 saturated heterocycles. The SMILES string of the molecule is CCCCCCCCCNC(=O)c1ccc2c(c1)CC(C)N2S(C)(=O)=O. The Labute approximate surface area is 158 Å². The van der Waals surface area contributed by atoms with Gasteiger partial charge in [-0.05, 0) is 43.5 Å². The van der Waals surface area contributed by atoms with E-state index in [2.05, 4.69) is 12.2 Å². The van der Waals surface area contributed by atoms with Gasteiger partial charge in [-0.3, -0.25) is 9.10 Å². The Kier molecular flexibility index (Phi) is 7.50. The van der Waals surface area contributed by atoms with Gasteiger partial charge in [-0.15, -0.1) is 0 Å². The Morgan fingerprint density at radius 3 is 2.46 bits per heavy atom. The number of carbonyl (C=O) groups excluding carboxylic acids is 1. The summed E-state index contributed by atoms with van der Waals surface area (Å²) in [6, 6.07) is 5.19. The summed E-state index contributed by atoms with van der Waals surface area (Å²) in [6.07, 6.45) is 10.4.